The Morgan fingerprint density at radius 3 is 2.48 bits per heavy atom. The van der Waals surface area contributed by atoms with E-state index in [1.165, 1.54) is 7.11 Å². The number of benzene rings is 1. The molecular weight excluding hydrogens is 318 g/mol. The molecule has 0 aliphatic heterocycles. The summed E-state index contributed by atoms with van der Waals surface area (Å²) in [6.07, 6.45) is 1.72. The van der Waals surface area contributed by atoms with Crippen LogP contribution in [0.5, 0.6) is 0 Å². The van der Waals surface area contributed by atoms with E-state index in [2.05, 4.69) is 25.6 Å². The first-order valence-corrected chi connectivity index (χ1v) is 7.63. The summed E-state index contributed by atoms with van der Waals surface area (Å²) >= 11 is 0. The SMILES string of the molecule is CNc1nc(Nc2ccc(C(=O)OC)cc2)cc(-c2ccccn2)n1. The number of esters is 1. The van der Waals surface area contributed by atoms with Crippen LogP contribution in [0.15, 0.2) is 54.7 Å². The van der Waals surface area contributed by atoms with Crippen molar-refractivity contribution in [2.75, 3.05) is 24.8 Å². The van der Waals surface area contributed by atoms with Crippen LogP contribution in [0.3, 0.4) is 0 Å². The maximum absolute atomic E-state index is 11.5. The molecule has 0 atom stereocenters. The highest BCUT2D eigenvalue weighted by molar-refractivity contribution is 5.89. The van der Waals surface area contributed by atoms with Gasteiger partial charge in [-0.3, -0.25) is 4.98 Å². The van der Waals surface area contributed by atoms with E-state index in [1.54, 1.807) is 37.5 Å². The number of hydrogen-bond acceptors (Lipinski definition) is 7. The van der Waals surface area contributed by atoms with Crippen molar-refractivity contribution in [2.24, 2.45) is 0 Å². The maximum atomic E-state index is 11.5. The minimum atomic E-state index is -0.372. The first kappa shape index (κ1) is 16.4. The molecule has 25 heavy (non-hydrogen) atoms. The summed E-state index contributed by atoms with van der Waals surface area (Å²) in [6.45, 7) is 0. The van der Waals surface area contributed by atoms with Gasteiger partial charge in [-0.05, 0) is 36.4 Å². The van der Waals surface area contributed by atoms with Crippen molar-refractivity contribution >= 4 is 23.4 Å². The van der Waals surface area contributed by atoms with E-state index in [1.807, 2.05) is 24.3 Å². The number of ether oxygens (including phenoxy) is 1. The third kappa shape index (κ3) is 3.89. The number of rotatable bonds is 5. The van der Waals surface area contributed by atoms with E-state index in [4.69, 9.17) is 4.74 Å². The quantitative estimate of drug-likeness (QED) is 0.692. The third-order valence-corrected chi connectivity index (χ3v) is 3.46. The van der Waals surface area contributed by atoms with E-state index in [-0.39, 0.29) is 5.97 Å². The molecule has 7 nitrogen and oxygen atoms in total. The summed E-state index contributed by atoms with van der Waals surface area (Å²) in [5.41, 5.74) is 2.74. The molecule has 126 valence electrons. The molecule has 3 rings (SSSR count). The number of nitrogens with one attached hydrogen (secondary N) is 2. The van der Waals surface area contributed by atoms with Crippen LogP contribution < -0.4 is 10.6 Å². The molecule has 0 saturated heterocycles. The number of anilines is 3. The van der Waals surface area contributed by atoms with E-state index >= 15 is 0 Å². The summed E-state index contributed by atoms with van der Waals surface area (Å²) in [4.78, 5) is 24.6. The topological polar surface area (TPSA) is 89.0 Å². The number of carbonyl (C=O) groups is 1. The fraction of sp³-hybridized carbons (Fsp3) is 0.111. The van der Waals surface area contributed by atoms with Gasteiger partial charge < -0.3 is 15.4 Å². The molecule has 3 aromatic rings. The lowest BCUT2D eigenvalue weighted by Gasteiger charge is -2.10. The molecular formula is C18H17N5O2. The van der Waals surface area contributed by atoms with Gasteiger partial charge in [-0.1, -0.05) is 6.07 Å². The van der Waals surface area contributed by atoms with Crippen molar-refractivity contribution in [1.29, 1.82) is 0 Å². The molecule has 0 bridgehead atoms. The van der Waals surface area contributed by atoms with Crippen LogP contribution in [0, 0.1) is 0 Å². The molecule has 0 unspecified atom stereocenters. The van der Waals surface area contributed by atoms with Crippen molar-refractivity contribution in [1.82, 2.24) is 15.0 Å². The van der Waals surface area contributed by atoms with Gasteiger partial charge in [0.25, 0.3) is 0 Å². The van der Waals surface area contributed by atoms with Crippen molar-refractivity contribution in [3.05, 3.63) is 60.3 Å². The van der Waals surface area contributed by atoms with E-state index < -0.39 is 0 Å². The zero-order valence-electron chi connectivity index (χ0n) is 13.9. The van der Waals surface area contributed by atoms with Gasteiger partial charge in [0.2, 0.25) is 5.95 Å². The fourth-order valence-electron chi connectivity index (χ4n) is 2.22. The summed E-state index contributed by atoms with van der Waals surface area (Å²) in [5.74, 6) is 0.728. The summed E-state index contributed by atoms with van der Waals surface area (Å²) < 4.78 is 4.69. The number of methoxy groups -OCH3 is 1. The van der Waals surface area contributed by atoms with Crippen molar-refractivity contribution in [2.45, 2.75) is 0 Å². The molecule has 0 aliphatic rings. The zero-order chi connectivity index (χ0) is 17.6. The number of aromatic nitrogens is 3. The van der Waals surface area contributed by atoms with Crippen LogP contribution in [0.4, 0.5) is 17.5 Å². The molecule has 0 amide bonds. The smallest absolute Gasteiger partial charge is 0.337 e. The maximum Gasteiger partial charge on any atom is 0.337 e. The molecule has 0 spiro atoms. The van der Waals surface area contributed by atoms with Gasteiger partial charge in [-0.15, -0.1) is 0 Å². The van der Waals surface area contributed by atoms with Gasteiger partial charge in [0.1, 0.15) is 5.82 Å². The molecule has 2 aromatic heterocycles. The lowest BCUT2D eigenvalue weighted by Crippen LogP contribution is -2.03. The molecule has 0 fully saturated rings. The van der Waals surface area contributed by atoms with Crippen molar-refractivity contribution < 1.29 is 9.53 Å². The minimum Gasteiger partial charge on any atom is -0.465 e. The number of carbonyl (C=O) groups excluding carboxylic acids is 1. The molecule has 0 aliphatic carbocycles. The average Bonchev–Trinajstić information content (AvgIpc) is 2.68. The first-order valence-electron chi connectivity index (χ1n) is 7.63. The van der Waals surface area contributed by atoms with E-state index in [9.17, 15) is 4.79 Å². The number of pyridine rings is 1. The Kier molecular flexibility index (Phi) is 4.84. The Balaban J connectivity index is 1.88. The second kappa shape index (κ2) is 7.39. The van der Waals surface area contributed by atoms with Crippen LogP contribution in [0.1, 0.15) is 10.4 Å². The highest BCUT2D eigenvalue weighted by atomic mass is 16.5. The molecule has 2 heterocycles. The predicted octanol–water partition coefficient (Wildman–Crippen LogP) is 3.11. The van der Waals surface area contributed by atoms with Gasteiger partial charge in [-0.25, -0.2) is 9.78 Å². The Morgan fingerprint density at radius 2 is 1.84 bits per heavy atom. The molecule has 7 heteroatoms. The predicted molar refractivity (Wildman–Crippen MR) is 95.9 cm³/mol. The van der Waals surface area contributed by atoms with Crippen LogP contribution in [-0.2, 0) is 4.74 Å². The first-order chi connectivity index (χ1) is 12.2. The van der Waals surface area contributed by atoms with E-state index in [0.717, 1.165) is 11.4 Å². The van der Waals surface area contributed by atoms with Gasteiger partial charge in [0.15, 0.2) is 0 Å². The van der Waals surface area contributed by atoms with Gasteiger partial charge in [-0.2, -0.15) is 4.98 Å². The average molecular weight is 335 g/mol. The minimum absolute atomic E-state index is 0.372. The normalized spacial score (nSPS) is 10.2. The molecule has 0 radical (unpaired) electrons. The fourth-order valence-corrected chi connectivity index (χ4v) is 2.22. The van der Waals surface area contributed by atoms with Crippen LogP contribution in [-0.4, -0.2) is 35.1 Å². The number of hydrogen-bond donors (Lipinski definition) is 2. The highest BCUT2D eigenvalue weighted by Gasteiger charge is 2.08. The Bertz CT molecular complexity index is 866. The molecule has 0 saturated carbocycles. The second-order valence-electron chi connectivity index (χ2n) is 5.12. The summed E-state index contributed by atoms with van der Waals surface area (Å²) in [6, 6.07) is 14.4. The second-order valence-corrected chi connectivity index (χ2v) is 5.12. The van der Waals surface area contributed by atoms with Crippen molar-refractivity contribution in [3.8, 4) is 11.4 Å². The third-order valence-electron chi connectivity index (χ3n) is 3.46. The lowest BCUT2D eigenvalue weighted by molar-refractivity contribution is 0.0601. The lowest BCUT2D eigenvalue weighted by atomic mass is 10.2. The van der Waals surface area contributed by atoms with Gasteiger partial charge >= 0.3 is 5.97 Å². The Labute approximate surface area is 145 Å². The summed E-state index contributed by atoms with van der Waals surface area (Å²) in [7, 11) is 3.11. The largest absolute Gasteiger partial charge is 0.465 e. The molecule has 1 aromatic carbocycles. The number of nitrogens with zero attached hydrogens (tertiary/aromatic N) is 3. The Hall–Kier alpha value is -3.48. The highest BCUT2D eigenvalue weighted by Crippen LogP contribution is 2.22. The van der Waals surface area contributed by atoms with Crippen LogP contribution >= 0.6 is 0 Å². The standard InChI is InChI=1S/C18H17N5O2/c1-19-18-22-15(14-5-3-4-10-20-14)11-16(23-18)21-13-8-6-12(7-9-13)17(24)25-2/h3-11H,1-2H3,(H2,19,21,22,23). The van der Waals surface area contributed by atoms with Crippen LogP contribution in [0.25, 0.3) is 11.4 Å². The van der Waals surface area contributed by atoms with Gasteiger partial charge in [0.05, 0.1) is 24.1 Å². The van der Waals surface area contributed by atoms with Crippen LogP contribution in [0.2, 0.25) is 0 Å². The van der Waals surface area contributed by atoms with Crippen molar-refractivity contribution in [3.63, 3.8) is 0 Å². The van der Waals surface area contributed by atoms with Gasteiger partial charge in [0, 0.05) is 25.0 Å². The summed E-state index contributed by atoms with van der Waals surface area (Å²) in [5, 5.41) is 6.15. The monoisotopic (exact) mass is 335 g/mol. The molecule has 2 N–H and O–H groups in total. The van der Waals surface area contributed by atoms with E-state index in [0.29, 0.717) is 23.0 Å². The Morgan fingerprint density at radius 1 is 1.04 bits per heavy atom. The zero-order valence-corrected chi connectivity index (χ0v) is 13.9.